The smallest absolute Gasteiger partial charge is 0.128 e. The SMILES string of the molecule is CC(NC(C)c1cc(F)ccc1F)c1cccc(C#N)c1. The van der Waals surface area contributed by atoms with Crippen LogP contribution < -0.4 is 5.32 Å². The summed E-state index contributed by atoms with van der Waals surface area (Å²) in [5.74, 6) is -0.895. The molecule has 0 aromatic heterocycles. The van der Waals surface area contributed by atoms with Crippen LogP contribution in [0, 0.1) is 23.0 Å². The van der Waals surface area contributed by atoms with E-state index in [4.69, 9.17) is 5.26 Å². The first-order chi connectivity index (χ1) is 10.0. The van der Waals surface area contributed by atoms with Gasteiger partial charge in [-0.2, -0.15) is 5.26 Å². The van der Waals surface area contributed by atoms with Crippen molar-refractivity contribution in [1.82, 2.24) is 5.32 Å². The summed E-state index contributed by atoms with van der Waals surface area (Å²) >= 11 is 0. The van der Waals surface area contributed by atoms with E-state index in [1.54, 1.807) is 25.1 Å². The highest BCUT2D eigenvalue weighted by Gasteiger charge is 2.15. The molecule has 0 spiro atoms. The summed E-state index contributed by atoms with van der Waals surface area (Å²) < 4.78 is 27.0. The molecular weight excluding hydrogens is 270 g/mol. The van der Waals surface area contributed by atoms with Crippen LogP contribution in [0.1, 0.15) is 42.6 Å². The molecule has 4 heteroatoms. The number of nitriles is 1. The Morgan fingerprint density at radius 2 is 1.81 bits per heavy atom. The third kappa shape index (κ3) is 3.65. The predicted molar refractivity (Wildman–Crippen MR) is 77.5 cm³/mol. The second kappa shape index (κ2) is 6.47. The minimum atomic E-state index is -0.459. The fourth-order valence-corrected chi connectivity index (χ4v) is 2.28. The quantitative estimate of drug-likeness (QED) is 0.912. The number of nitrogens with zero attached hydrogens (tertiary/aromatic N) is 1. The first-order valence-electron chi connectivity index (χ1n) is 6.72. The molecule has 0 fully saturated rings. The first-order valence-corrected chi connectivity index (χ1v) is 6.72. The van der Waals surface area contributed by atoms with E-state index in [9.17, 15) is 8.78 Å². The van der Waals surface area contributed by atoms with E-state index in [1.165, 1.54) is 6.07 Å². The summed E-state index contributed by atoms with van der Waals surface area (Å²) in [6.07, 6.45) is 0. The van der Waals surface area contributed by atoms with Gasteiger partial charge in [0.1, 0.15) is 11.6 Å². The zero-order valence-corrected chi connectivity index (χ0v) is 11.9. The molecule has 2 aromatic rings. The molecule has 2 unspecified atom stereocenters. The molecule has 0 saturated carbocycles. The second-order valence-corrected chi connectivity index (χ2v) is 5.01. The van der Waals surface area contributed by atoms with E-state index >= 15 is 0 Å². The minimum absolute atomic E-state index is 0.0871. The minimum Gasteiger partial charge on any atom is -0.304 e. The van der Waals surface area contributed by atoms with Crippen molar-refractivity contribution in [2.75, 3.05) is 0 Å². The zero-order chi connectivity index (χ0) is 15.4. The lowest BCUT2D eigenvalue weighted by molar-refractivity contribution is 0.469. The fourth-order valence-electron chi connectivity index (χ4n) is 2.28. The third-order valence-corrected chi connectivity index (χ3v) is 3.44. The lowest BCUT2D eigenvalue weighted by Crippen LogP contribution is -2.23. The molecule has 0 saturated heterocycles. The van der Waals surface area contributed by atoms with Crippen LogP contribution in [0.2, 0.25) is 0 Å². The van der Waals surface area contributed by atoms with Crippen LogP contribution in [0.25, 0.3) is 0 Å². The standard InChI is InChI=1S/C17H16F2N2/c1-11(14-5-3-4-13(8-14)10-20)21-12(2)16-9-15(18)6-7-17(16)19/h3-9,11-12,21H,1-2H3. The molecule has 0 heterocycles. The molecule has 2 nitrogen and oxygen atoms in total. The summed E-state index contributed by atoms with van der Waals surface area (Å²) in [5.41, 5.74) is 1.79. The van der Waals surface area contributed by atoms with Gasteiger partial charge in [-0.1, -0.05) is 12.1 Å². The van der Waals surface area contributed by atoms with Crippen molar-refractivity contribution in [3.8, 4) is 6.07 Å². The van der Waals surface area contributed by atoms with E-state index < -0.39 is 11.6 Å². The van der Waals surface area contributed by atoms with Gasteiger partial charge in [0.2, 0.25) is 0 Å². The number of hydrogen-bond acceptors (Lipinski definition) is 2. The fraction of sp³-hybridized carbons (Fsp3) is 0.235. The summed E-state index contributed by atoms with van der Waals surface area (Å²) in [7, 11) is 0. The molecule has 0 aliphatic heterocycles. The maximum absolute atomic E-state index is 13.7. The van der Waals surface area contributed by atoms with Crippen LogP contribution in [0.5, 0.6) is 0 Å². The van der Waals surface area contributed by atoms with E-state index in [0.29, 0.717) is 11.1 Å². The van der Waals surface area contributed by atoms with Crippen LogP contribution in [-0.4, -0.2) is 0 Å². The number of halogens is 2. The molecule has 1 N–H and O–H groups in total. The highest BCUT2D eigenvalue weighted by molar-refractivity contribution is 5.34. The van der Waals surface area contributed by atoms with Crippen molar-refractivity contribution in [1.29, 1.82) is 5.26 Å². The van der Waals surface area contributed by atoms with Crippen molar-refractivity contribution in [3.05, 3.63) is 70.8 Å². The van der Waals surface area contributed by atoms with Gasteiger partial charge in [-0.25, -0.2) is 8.78 Å². The van der Waals surface area contributed by atoms with Crippen molar-refractivity contribution in [3.63, 3.8) is 0 Å². The van der Waals surface area contributed by atoms with Gasteiger partial charge < -0.3 is 5.32 Å². The van der Waals surface area contributed by atoms with Crippen LogP contribution >= 0.6 is 0 Å². The Balaban J connectivity index is 2.16. The average molecular weight is 286 g/mol. The molecule has 0 aliphatic carbocycles. The summed E-state index contributed by atoms with van der Waals surface area (Å²) in [6.45, 7) is 3.70. The van der Waals surface area contributed by atoms with Gasteiger partial charge in [-0.3, -0.25) is 0 Å². The molecule has 2 rings (SSSR count). The third-order valence-electron chi connectivity index (χ3n) is 3.44. The van der Waals surface area contributed by atoms with Gasteiger partial charge in [0.25, 0.3) is 0 Å². The first kappa shape index (κ1) is 15.1. The number of nitrogens with one attached hydrogen (secondary N) is 1. The van der Waals surface area contributed by atoms with Crippen molar-refractivity contribution < 1.29 is 8.78 Å². The summed E-state index contributed by atoms with van der Waals surface area (Å²) in [5, 5.41) is 12.1. The van der Waals surface area contributed by atoms with Crippen molar-refractivity contribution in [2.45, 2.75) is 25.9 Å². The van der Waals surface area contributed by atoms with Gasteiger partial charge in [0.05, 0.1) is 11.6 Å². The van der Waals surface area contributed by atoms with Crippen molar-refractivity contribution in [2.24, 2.45) is 0 Å². The highest BCUT2D eigenvalue weighted by atomic mass is 19.1. The molecule has 2 aromatic carbocycles. The Labute approximate surface area is 123 Å². The van der Waals surface area contributed by atoms with E-state index in [0.717, 1.165) is 17.7 Å². The molecule has 0 amide bonds. The molecule has 108 valence electrons. The average Bonchev–Trinajstić information content (AvgIpc) is 2.49. The Hall–Kier alpha value is -2.25. The van der Waals surface area contributed by atoms with E-state index in [1.807, 2.05) is 13.0 Å². The normalized spacial score (nSPS) is 13.5. The largest absolute Gasteiger partial charge is 0.304 e. The maximum Gasteiger partial charge on any atom is 0.128 e. The molecule has 21 heavy (non-hydrogen) atoms. The monoisotopic (exact) mass is 286 g/mol. The summed E-state index contributed by atoms with van der Waals surface area (Å²) in [6, 6.07) is 12.3. The summed E-state index contributed by atoms with van der Waals surface area (Å²) in [4.78, 5) is 0. The van der Waals surface area contributed by atoms with E-state index in [2.05, 4.69) is 11.4 Å². The highest BCUT2D eigenvalue weighted by Crippen LogP contribution is 2.22. The van der Waals surface area contributed by atoms with Crippen LogP contribution in [0.4, 0.5) is 8.78 Å². The Morgan fingerprint density at radius 3 is 2.52 bits per heavy atom. The van der Waals surface area contributed by atoms with Gasteiger partial charge in [-0.05, 0) is 49.7 Å². The molecule has 0 radical (unpaired) electrons. The Kier molecular flexibility index (Phi) is 4.66. The number of rotatable bonds is 4. The van der Waals surface area contributed by atoms with Gasteiger partial charge in [0, 0.05) is 17.6 Å². The van der Waals surface area contributed by atoms with Crippen LogP contribution in [0.15, 0.2) is 42.5 Å². The molecule has 0 aliphatic rings. The maximum atomic E-state index is 13.7. The lowest BCUT2D eigenvalue weighted by atomic mass is 10.0. The molecule has 2 atom stereocenters. The van der Waals surface area contributed by atoms with Gasteiger partial charge in [0.15, 0.2) is 0 Å². The second-order valence-electron chi connectivity index (χ2n) is 5.01. The predicted octanol–water partition coefficient (Wildman–Crippen LogP) is 4.25. The number of benzene rings is 2. The van der Waals surface area contributed by atoms with Gasteiger partial charge >= 0.3 is 0 Å². The van der Waals surface area contributed by atoms with E-state index in [-0.39, 0.29) is 12.1 Å². The Bertz CT molecular complexity index is 677. The zero-order valence-electron chi connectivity index (χ0n) is 11.9. The topological polar surface area (TPSA) is 35.8 Å². The van der Waals surface area contributed by atoms with Gasteiger partial charge in [-0.15, -0.1) is 0 Å². The Morgan fingerprint density at radius 1 is 1.05 bits per heavy atom. The van der Waals surface area contributed by atoms with Crippen molar-refractivity contribution >= 4 is 0 Å². The number of hydrogen-bond donors (Lipinski definition) is 1. The molecular formula is C17H16F2N2. The lowest BCUT2D eigenvalue weighted by Gasteiger charge is -2.21. The molecule has 0 bridgehead atoms. The van der Waals surface area contributed by atoms with Crippen LogP contribution in [-0.2, 0) is 0 Å². The van der Waals surface area contributed by atoms with Crippen LogP contribution in [0.3, 0.4) is 0 Å².